The number of benzene rings is 2. The standard InChI is InChI=1S/C25H29N9O/c26-14-19(15-28-18-4-3-12-27-13-11-18)29-25(35)17-7-9-20(10-8-17)34-16-23(31-33-34)24-21-5-1-2-6-22(21)30-32-24/h1-2,5-10,14-16,18,27,31,33H,3-4,11-13,26H2,(H,29,35)(H,30,32). The van der Waals surface area contributed by atoms with E-state index < -0.39 is 0 Å². The molecular formula is C25H29N9O. The minimum absolute atomic E-state index is 0.242. The number of hydrazine groups is 2. The number of carbonyl (C=O) groups is 1. The molecule has 0 spiro atoms. The number of rotatable bonds is 6. The normalized spacial score (nSPS) is 19.0. The largest absolute Gasteiger partial charge is 0.403 e. The minimum Gasteiger partial charge on any atom is -0.403 e. The Balaban J connectivity index is 1.22. The molecule has 1 saturated heterocycles. The van der Waals surface area contributed by atoms with Gasteiger partial charge < -0.3 is 16.4 Å². The van der Waals surface area contributed by atoms with E-state index in [0.29, 0.717) is 11.3 Å². The zero-order chi connectivity index (χ0) is 24.0. The van der Waals surface area contributed by atoms with Gasteiger partial charge in [0.15, 0.2) is 0 Å². The first-order valence-corrected chi connectivity index (χ1v) is 11.7. The molecule has 1 unspecified atom stereocenters. The van der Waals surface area contributed by atoms with Gasteiger partial charge in [-0.25, -0.2) is 0 Å². The van der Waals surface area contributed by atoms with E-state index in [4.69, 9.17) is 5.73 Å². The summed E-state index contributed by atoms with van der Waals surface area (Å²) in [6, 6.07) is 15.5. The van der Waals surface area contributed by atoms with E-state index in [1.54, 1.807) is 18.3 Å². The average Bonchev–Trinajstić information content (AvgIpc) is 3.47. The molecule has 35 heavy (non-hydrogen) atoms. The van der Waals surface area contributed by atoms with Gasteiger partial charge in [-0.3, -0.25) is 25.3 Å². The van der Waals surface area contributed by atoms with Crippen molar-refractivity contribution in [3.63, 3.8) is 0 Å². The van der Waals surface area contributed by atoms with Gasteiger partial charge in [-0.05, 0) is 62.7 Å². The number of fused-ring (bicyclic) bond motifs is 1. The van der Waals surface area contributed by atoms with Gasteiger partial charge >= 0.3 is 0 Å². The number of anilines is 1. The highest BCUT2D eigenvalue weighted by atomic mass is 16.1. The molecular weight excluding hydrogens is 442 g/mol. The highest BCUT2D eigenvalue weighted by molar-refractivity contribution is 5.99. The fourth-order valence-electron chi connectivity index (χ4n) is 4.17. The van der Waals surface area contributed by atoms with Crippen molar-refractivity contribution >= 4 is 34.4 Å². The van der Waals surface area contributed by atoms with Gasteiger partial charge in [0.1, 0.15) is 5.69 Å². The molecule has 3 heterocycles. The van der Waals surface area contributed by atoms with Gasteiger partial charge in [-0.1, -0.05) is 18.2 Å². The number of nitrogens with one attached hydrogen (secondary N) is 5. The summed E-state index contributed by atoms with van der Waals surface area (Å²) in [6.07, 6.45) is 8.06. The lowest BCUT2D eigenvalue weighted by atomic mass is 10.1. The smallest absolute Gasteiger partial charge is 0.255 e. The first kappa shape index (κ1) is 22.6. The fourth-order valence-corrected chi connectivity index (χ4v) is 4.17. The summed E-state index contributed by atoms with van der Waals surface area (Å²) in [7, 11) is 0. The number of hydrogen-bond donors (Lipinski definition) is 6. The van der Waals surface area contributed by atoms with Crippen LogP contribution in [-0.2, 0) is 0 Å². The van der Waals surface area contributed by atoms with E-state index in [1.807, 2.05) is 47.6 Å². The van der Waals surface area contributed by atoms with Crippen LogP contribution in [0.2, 0.25) is 0 Å². The monoisotopic (exact) mass is 471 g/mol. The van der Waals surface area contributed by atoms with E-state index >= 15 is 0 Å². The Bertz CT molecular complexity index is 1270. The van der Waals surface area contributed by atoms with Crippen LogP contribution in [-0.4, -0.2) is 41.5 Å². The Morgan fingerprint density at radius 3 is 2.86 bits per heavy atom. The third-order valence-corrected chi connectivity index (χ3v) is 6.11. The first-order chi connectivity index (χ1) is 17.2. The number of hydrogen-bond acceptors (Lipinski definition) is 8. The van der Waals surface area contributed by atoms with Crippen LogP contribution in [0.4, 0.5) is 5.69 Å². The van der Waals surface area contributed by atoms with Crippen LogP contribution in [0, 0.1) is 0 Å². The quantitative estimate of drug-likeness (QED) is 0.303. The second-order valence-electron chi connectivity index (χ2n) is 8.50. The second kappa shape index (κ2) is 10.4. The molecule has 0 radical (unpaired) electrons. The van der Waals surface area contributed by atoms with Crippen molar-refractivity contribution in [1.82, 2.24) is 31.8 Å². The molecule has 5 rings (SSSR count). The number of nitrogens with two attached hydrogens (primary N) is 1. The number of nitrogens with zero attached hydrogens (tertiary/aromatic N) is 3. The van der Waals surface area contributed by atoms with Gasteiger partial charge in [0.05, 0.1) is 34.8 Å². The number of aliphatic imine (C=N–C) groups is 1. The molecule has 0 aliphatic carbocycles. The highest BCUT2D eigenvalue weighted by Gasteiger charge is 2.19. The lowest BCUT2D eigenvalue weighted by Gasteiger charge is -2.15. The van der Waals surface area contributed by atoms with Crippen molar-refractivity contribution in [1.29, 1.82) is 0 Å². The number of allylic oxidation sites excluding steroid dienone is 1. The van der Waals surface area contributed by atoms with E-state index in [-0.39, 0.29) is 11.9 Å². The summed E-state index contributed by atoms with van der Waals surface area (Å²) >= 11 is 0. The Hall–Kier alpha value is -4.15. The number of para-hydroxylation sites is 1. The summed E-state index contributed by atoms with van der Waals surface area (Å²) in [4.78, 5) is 17.4. The topological polar surface area (TPSA) is 135 Å². The maximum Gasteiger partial charge on any atom is 0.255 e. The molecule has 10 nitrogen and oxygen atoms in total. The third kappa shape index (κ3) is 5.18. The van der Waals surface area contributed by atoms with Gasteiger partial charge in [-0.15, -0.1) is 5.53 Å². The maximum absolute atomic E-state index is 12.7. The summed E-state index contributed by atoms with van der Waals surface area (Å²) in [5, 5.41) is 16.5. The van der Waals surface area contributed by atoms with Gasteiger partial charge in [0, 0.05) is 23.4 Å². The Kier molecular flexibility index (Phi) is 6.73. The number of aromatic amines is 1. The van der Waals surface area contributed by atoms with Crippen molar-refractivity contribution in [2.75, 3.05) is 18.1 Å². The average molecular weight is 472 g/mol. The third-order valence-electron chi connectivity index (χ3n) is 6.11. The van der Waals surface area contributed by atoms with Crippen molar-refractivity contribution in [3.8, 4) is 0 Å². The molecule has 1 fully saturated rings. The van der Waals surface area contributed by atoms with Crippen LogP contribution in [0.3, 0.4) is 0 Å². The van der Waals surface area contributed by atoms with Crippen LogP contribution < -0.4 is 32.3 Å². The van der Waals surface area contributed by atoms with Crippen molar-refractivity contribution in [2.24, 2.45) is 10.7 Å². The molecule has 2 aliphatic rings. The molecule has 1 amide bonds. The fraction of sp³-hybridized carbons (Fsp3) is 0.240. The summed E-state index contributed by atoms with van der Waals surface area (Å²) in [6.45, 7) is 1.98. The summed E-state index contributed by atoms with van der Waals surface area (Å²) in [5.74, 6) is -0.242. The lowest BCUT2D eigenvalue weighted by Crippen LogP contribution is -2.36. The van der Waals surface area contributed by atoms with E-state index in [2.05, 4.69) is 36.8 Å². The highest BCUT2D eigenvalue weighted by Crippen LogP contribution is 2.25. The zero-order valence-corrected chi connectivity index (χ0v) is 19.3. The Morgan fingerprint density at radius 2 is 2.00 bits per heavy atom. The number of H-pyrrole nitrogens is 1. The van der Waals surface area contributed by atoms with Crippen LogP contribution in [0.25, 0.3) is 16.6 Å². The SMILES string of the molecule is NC=C(C=NC1CCCNCC1)NC(=O)c1ccc(N2C=C(c3n[nH]c4ccccc34)NN2)cc1. The second-order valence-corrected chi connectivity index (χ2v) is 8.50. The zero-order valence-electron chi connectivity index (χ0n) is 19.3. The van der Waals surface area contributed by atoms with Gasteiger partial charge in [0.25, 0.3) is 5.91 Å². The summed E-state index contributed by atoms with van der Waals surface area (Å²) < 4.78 is 0. The minimum atomic E-state index is -0.242. The summed E-state index contributed by atoms with van der Waals surface area (Å²) in [5.41, 5.74) is 16.5. The van der Waals surface area contributed by atoms with E-state index in [9.17, 15) is 4.79 Å². The molecule has 180 valence electrons. The van der Waals surface area contributed by atoms with Crippen LogP contribution in [0.15, 0.2) is 71.6 Å². The molecule has 1 atom stereocenters. The molecule has 7 N–H and O–H groups in total. The molecule has 0 bridgehead atoms. The van der Waals surface area contributed by atoms with Crippen molar-refractivity contribution in [2.45, 2.75) is 25.3 Å². The first-order valence-electron chi connectivity index (χ1n) is 11.7. The van der Waals surface area contributed by atoms with Crippen LogP contribution in [0.5, 0.6) is 0 Å². The van der Waals surface area contributed by atoms with Crippen LogP contribution >= 0.6 is 0 Å². The van der Waals surface area contributed by atoms with Crippen LogP contribution in [0.1, 0.15) is 35.3 Å². The molecule has 2 aliphatic heterocycles. The molecule has 3 aromatic rings. The van der Waals surface area contributed by atoms with E-state index in [0.717, 1.165) is 60.3 Å². The predicted octanol–water partition coefficient (Wildman–Crippen LogP) is 2.13. The Labute approximate surface area is 203 Å². The molecule has 0 saturated carbocycles. The van der Waals surface area contributed by atoms with E-state index in [1.165, 1.54) is 6.20 Å². The van der Waals surface area contributed by atoms with Gasteiger partial charge in [-0.2, -0.15) is 5.10 Å². The van der Waals surface area contributed by atoms with Gasteiger partial charge in [0.2, 0.25) is 0 Å². The predicted molar refractivity (Wildman–Crippen MR) is 138 cm³/mol. The molecule has 2 aromatic carbocycles. The maximum atomic E-state index is 12.7. The van der Waals surface area contributed by atoms with Crippen molar-refractivity contribution in [3.05, 3.63) is 77.9 Å². The molecule has 10 heteroatoms. The number of carbonyl (C=O) groups excluding carboxylic acids is 1. The lowest BCUT2D eigenvalue weighted by molar-refractivity contribution is 0.0968. The Morgan fingerprint density at radius 1 is 1.14 bits per heavy atom. The molecule has 1 aromatic heterocycles. The number of aromatic nitrogens is 2. The number of amides is 1. The van der Waals surface area contributed by atoms with Crippen molar-refractivity contribution < 1.29 is 4.79 Å².